The van der Waals surface area contributed by atoms with Gasteiger partial charge < -0.3 is 19.9 Å². The number of rotatable bonds is 10. The lowest BCUT2D eigenvalue weighted by molar-refractivity contribution is -0.143. The number of amides is 1. The standard InChI is InChI=1S/C23H30F3N3O4/c1-6-32-19(30)11-14(4)27-12-18-20(22(31)28-15(5)13(2)3)29-33-21(18)16-7-9-17(10-8-16)23(24,25)26/h7-10,13-15,27H,6,11-12H2,1-5H3,(H,28,31)/t14?,15-/m0/s1. The zero-order chi connectivity index (χ0) is 24.8. The first kappa shape index (κ1) is 26.4. The van der Waals surface area contributed by atoms with Crippen LogP contribution in [0.4, 0.5) is 13.2 Å². The molecule has 1 amide bonds. The van der Waals surface area contributed by atoms with Gasteiger partial charge >= 0.3 is 12.1 Å². The van der Waals surface area contributed by atoms with Gasteiger partial charge in [-0.1, -0.05) is 31.1 Å². The number of esters is 1. The topological polar surface area (TPSA) is 93.5 Å². The van der Waals surface area contributed by atoms with E-state index in [1.807, 2.05) is 20.8 Å². The van der Waals surface area contributed by atoms with E-state index < -0.39 is 17.6 Å². The third-order valence-electron chi connectivity index (χ3n) is 5.24. The molecule has 2 N–H and O–H groups in total. The highest BCUT2D eigenvalue weighted by Gasteiger charge is 2.31. The molecule has 1 aromatic carbocycles. The van der Waals surface area contributed by atoms with E-state index in [-0.39, 0.29) is 55.0 Å². The van der Waals surface area contributed by atoms with Crippen LogP contribution in [0.15, 0.2) is 28.8 Å². The SMILES string of the molecule is CCOC(=O)CC(C)NCc1c(C(=O)N[C@@H](C)C(C)C)noc1-c1ccc(C(F)(F)F)cc1. The van der Waals surface area contributed by atoms with Gasteiger partial charge in [0.05, 0.1) is 18.6 Å². The van der Waals surface area contributed by atoms with Crippen molar-refractivity contribution < 1.29 is 32.0 Å². The van der Waals surface area contributed by atoms with E-state index in [9.17, 15) is 22.8 Å². The minimum absolute atomic E-state index is 0.0354. The quantitative estimate of drug-likeness (QED) is 0.496. The summed E-state index contributed by atoms with van der Waals surface area (Å²) in [5, 5.41) is 9.89. The molecule has 0 spiro atoms. The number of carbonyl (C=O) groups is 2. The number of hydrogen-bond donors (Lipinski definition) is 2. The van der Waals surface area contributed by atoms with Gasteiger partial charge in [0.25, 0.3) is 5.91 Å². The van der Waals surface area contributed by atoms with Crippen LogP contribution in [0.5, 0.6) is 0 Å². The van der Waals surface area contributed by atoms with Crippen molar-refractivity contribution in [3.8, 4) is 11.3 Å². The Bertz CT molecular complexity index is 939. The Morgan fingerprint density at radius 1 is 1.12 bits per heavy atom. The number of benzene rings is 1. The highest BCUT2D eigenvalue weighted by atomic mass is 19.4. The lowest BCUT2D eigenvalue weighted by Crippen LogP contribution is -2.37. The molecule has 2 aromatic rings. The van der Waals surface area contributed by atoms with E-state index >= 15 is 0 Å². The molecular formula is C23H30F3N3O4. The predicted octanol–water partition coefficient (Wildman–Crippen LogP) is 4.57. The fraction of sp³-hybridized carbons (Fsp3) is 0.522. The lowest BCUT2D eigenvalue weighted by atomic mass is 10.0. The monoisotopic (exact) mass is 469 g/mol. The van der Waals surface area contributed by atoms with Gasteiger partial charge in [0, 0.05) is 29.8 Å². The summed E-state index contributed by atoms with van der Waals surface area (Å²) >= 11 is 0. The first-order valence-electron chi connectivity index (χ1n) is 10.8. The summed E-state index contributed by atoms with van der Waals surface area (Å²) in [7, 11) is 0. The van der Waals surface area contributed by atoms with Crippen LogP contribution in [-0.2, 0) is 22.3 Å². The molecule has 1 heterocycles. The van der Waals surface area contributed by atoms with E-state index in [2.05, 4.69) is 15.8 Å². The molecule has 0 radical (unpaired) electrons. The molecule has 0 aliphatic carbocycles. The van der Waals surface area contributed by atoms with Crippen molar-refractivity contribution in [3.05, 3.63) is 41.1 Å². The highest BCUT2D eigenvalue weighted by Crippen LogP contribution is 2.32. The molecule has 1 aromatic heterocycles. The van der Waals surface area contributed by atoms with E-state index in [1.54, 1.807) is 13.8 Å². The summed E-state index contributed by atoms with van der Waals surface area (Å²) < 4.78 is 49.1. The number of nitrogens with one attached hydrogen (secondary N) is 2. The van der Waals surface area contributed by atoms with Crippen molar-refractivity contribution in [2.75, 3.05) is 6.61 Å². The van der Waals surface area contributed by atoms with Crippen LogP contribution in [0, 0.1) is 5.92 Å². The predicted molar refractivity (Wildman–Crippen MR) is 116 cm³/mol. The summed E-state index contributed by atoms with van der Waals surface area (Å²) in [6.45, 7) is 9.66. The van der Waals surface area contributed by atoms with Gasteiger partial charge in [-0.3, -0.25) is 9.59 Å². The number of alkyl halides is 3. The smallest absolute Gasteiger partial charge is 0.416 e. The summed E-state index contributed by atoms with van der Waals surface area (Å²) in [5.41, 5.74) is -0.0225. The van der Waals surface area contributed by atoms with E-state index in [0.29, 0.717) is 11.1 Å². The lowest BCUT2D eigenvalue weighted by Gasteiger charge is -2.17. The Balaban J connectivity index is 2.32. The third kappa shape index (κ3) is 7.31. The highest BCUT2D eigenvalue weighted by molar-refractivity contribution is 5.95. The Morgan fingerprint density at radius 2 is 1.76 bits per heavy atom. The van der Waals surface area contributed by atoms with E-state index in [4.69, 9.17) is 9.26 Å². The van der Waals surface area contributed by atoms with Gasteiger partial charge in [0.1, 0.15) is 0 Å². The van der Waals surface area contributed by atoms with Crippen molar-refractivity contribution in [2.24, 2.45) is 5.92 Å². The molecule has 2 rings (SSSR count). The van der Waals surface area contributed by atoms with Crippen LogP contribution in [0.25, 0.3) is 11.3 Å². The zero-order valence-electron chi connectivity index (χ0n) is 19.4. The normalized spacial score (nSPS) is 13.6. The molecule has 10 heteroatoms. The summed E-state index contributed by atoms with van der Waals surface area (Å²) in [6, 6.07) is 4.01. The second-order valence-corrected chi connectivity index (χ2v) is 8.21. The molecular weight excluding hydrogens is 439 g/mol. The first-order chi connectivity index (χ1) is 15.4. The number of hydrogen-bond acceptors (Lipinski definition) is 6. The summed E-state index contributed by atoms with van der Waals surface area (Å²) in [4.78, 5) is 24.6. The zero-order valence-corrected chi connectivity index (χ0v) is 19.4. The second-order valence-electron chi connectivity index (χ2n) is 8.21. The van der Waals surface area contributed by atoms with Crippen LogP contribution in [0.2, 0.25) is 0 Å². The molecule has 0 fully saturated rings. The molecule has 0 saturated heterocycles. The Kier molecular flexibility index (Phi) is 9.04. The van der Waals surface area contributed by atoms with Crippen molar-refractivity contribution in [3.63, 3.8) is 0 Å². The largest absolute Gasteiger partial charge is 0.466 e. The molecule has 2 atom stereocenters. The maximum Gasteiger partial charge on any atom is 0.416 e. The molecule has 182 valence electrons. The molecule has 0 saturated carbocycles. The first-order valence-corrected chi connectivity index (χ1v) is 10.8. The Morgan fingerprint density at radius 3 is 2.30 bits per heavy atom. The van der Waals surface area contributed by atoms with Gasteiger partial charge in [-0.2, -0.15) is 13.2 Å². The number of carbonyl (C=O) groups excluding carboxylic acids is 2. The number of ether oxygens (including phenoxy) is 1. The Hall–Kier alpha value is -2.88. The van der Waals surface area contributed by atoms with Crippen molar-refractivity contribution in [1.29, 1.82) is 0 Å². The number of nitrogens with zero attached hydrogens (tertiary/aromatic N) is 1. The average Bonchev–Trinajstić information content (AvgIpc) is 3.15. The van der Waals surface area contributed by atoms with Crippen LogP contribution >= 0.6 is 0 Å². The van der Waals surface area contributed by atoms with Crippen molar-refractivity contribution >= 4 is 11.9 Å². The fourth-order valence-corrected chi connectivity index (χ4v) is 2.95. The fourth-order valence-electron chi connectivity index (χ4n) is 2.95. The minimum Gasteiger partial charge on any atom is -0.466 e. The Labute approximate surface area is 191 Å². The van der Waals surface area contributed by atoms with Crippen LogP contribution in [-0.4, -0.2) is 35.7 Å². The molecule has 7 nitrogen and oxygen atoms in total. The average molecular weight is 470 g/mol. The maximum absolute atomic E-state index is 12.9. The number of halogens is 3. The van der Waals surface area contributed by atoms with Crippen LogP contribution < -0.4 is 10.6 Å². The van der Waals surface area contributed by atoms with E-state index in [1.165, 1.54) is 12.1 Å². The summed E-state index contributed by atoms with van der Waals surface area (Å²) in [6.07, 6.45) is -4.36. The van der Waals surface area contributed by atoms with E-state index in [0.717, 1.165) is 12.1 Å². The molecule has 0 aliphatic heterocycles. The van der Waals surface area contributed by atoms with Gasteiger partial charge in [-0.25, -0.2) is 0 Å². The molecule has 1 unspecified atom stereocenters. The second kappa shape index (κ2) is 11.3. The van der Waals surface area contributed by atoms with Gasteiger partial charge in [0.2, 0.25) is 0 Å². The number of aromatic nitrogens is 1. The van der Waals surface area contributed by atoms with Crippen LogP contribution in [0.3, 0.4) is 0 Å². The third-order valence-corrected chi connectivity index (χ3v) is 5.24. The molecule has 33 heavy (non-hydrogen) atoms. The van der Waals surface area contributed by atoms with Crippen molar-refractivity contribution in [2.45, 2.75) is 65.8 Å². The van der Waals surface area contributed by atoms with Gasteiger partial charge in [-0.05, 0) is 38.8 Å². The van der Waals surface area contributed by atoms with Crippen molar-refractivity contribution in [1.82, 2.24) is 15.8 Å². The minimum atomic E-state index is -4.47. The van der Waals surface area contributed by atoms with Crippen LogP contribution in [0.1, 0.15) is 62.7 Å². The molecule has 0 bridgehead atoms. The summed E-state index contributed by atoms with van der Waals surface area (Å²) in [5.74, 6) is -0.453. The van der Waals surface area contributed by atoms with Gasteiger partial charge in [-0.15, -0.1) is 0 Å². The van der Waals surface area contributed by atoms with Gasteiger partial charge in [0.15, 0.2) is 11.5 Å². The maximum atomic E-state index is 12.9. The molecule has 0 aliphatic rings.